The predicted octanol–water partition coefficient (Wildman–Crippen LogP) is 4.87. The van der Waals surface area contributed by atoms with E-state index in [2.05, 4.69) is 15.9 Å². The van der Waals surface area contributed by atoms with E-state index in [-0.39, 0.29) is 12.6 Å². The Morgan fingerprint density at radius 3 is 2.88 bits per heavy atom. The van der Waals surface area contributed by atoms with E-state index in [0.717, 1.165) is 35.2 Å². The second-order valence-corrected chi connectivity index (χ2v) is 6.38. The Morgan fingerprint density at radius 2 is 2.00 bits per heavy atom. The van der Waals surface area contributed by atoms with Gasteiger partial charge in [-0.25, -0.2) is 0 Å². The van der Waals surface area contributed by atoms with Crippen molar-refractivity contribution in [3.05, 3.63) is 59.7 Å². The number of hydrogen-bond acceptors (Lipinski definition) is 4. The normalized spacial score (nSPS) is 12.5. The number of allylic oxidation sites excluding steroid dienone is 1. The minimum atomic E-state index is -0.0661. The smallest absolute Gasteiger partial charge is 0.231 e. The first-order valence-electron chi connectivity index (χ1n) is 8.17. The number of ether oxygens (including phenoxy) is 3. The molecule has 25 heavy (non-hydrogen) atoms. The second-order valence-electron chi connectivity index (χ2n) is 5.58. The van der Waals surface area contributed by atoms with Crippen molar-refractivity contribution in [2.24, 2.45) is 0 Å². The van der Waals surface area contributed by atoms with Crippen LogP contribution in [-0.2, 0) is 0 Å². The number of alkyl halides is 1. The lowest BCUT2D eigenvalue weighted by Crippen LogP contribution is -2.00. The maximum Gasteiger partial charge on any atom is 0.231 e. The Morgan fingerprint density at radius 1 is 1.12 bits per heavy atom. The summed E-state index contributed by atoms with van der Waals surface area (Å²) in [7, 11) is 0. The van der Waals surface area contributed by atoms with Crippen LogP contribution in [0.3, 0.4) is 0 Å². The number of halogens is 1. The highest BCUT2D eigenvalue weighted by molar-refractivity contribution is 9.09. The molecule has 2 aromatic carbocycles. The van der Waals surface area contributed by atoms with Crippen LogP contribution in [0.15, 0.2) is 48.5 Å². The Labute approximate surface area is 155 Å². The summed E-state index contributed by atoms with van der Waals surface area (Å²) in [4.78, 5) is 12.4. The van der Waals surface area contributed by atoms with Gasteiger partial charge in [-0.1, -0.05) is 40.2 Å². The van der Waals surface area contributed by atoms with Gasteiger partial charge in [0.25, 0.3) is 0 Å². The predicted molar refractivity (Wildman–Crippen MR) is 101 cm³/mol. The van der Waals surface area contributed by atoms with E-state index < -0.39 is 0 Å². The van der Waals surface area contributed by atoms with E-state index in [9.17, 15) is 4.79 Å². The summed E-state index contributed by atoms with van der Waals surface area (Å²) < 4.78 is 16.3. The molecule has 4 nitrogen and oxygen atoms in total. The maximum absolute atomic E-state index is 12.4. The number of rotatable bonds is 8. The Kier molecular flexibility index (Phi) is 6.12. The monoisotopic (exact) mass is 402 g/mol. The molecule has 1 heterocycles. The molecule has 1 aliphatic heterocycles. The SMILES string of the molecule is O=C(C=Cc1ccc2c(c1)OCO2)c1cccc(OCCCCBr)c1. The highest BCUT2D eigenvalue weighted by Gasteiger charge is 2.12. The zero-order valence-corrected chi connectivity index (χ0v) is 15.3. The molecule has 0 bridgehead atoms. The number of ketones is 1. The third-order valence-electron chi connectivity index (χ3n) is 3.74. The van der Waals surface area contributed by atoms with E-state index >= 15 is 0 Å². The Balaban J connectivity index is 1.62. The largest absolute Gasteiger partial charge is 0.494 e. The van der Waals surface area contributed by atoms with Crippen LogP contribution in [0.4, 0.5) is 0 Å². The summed E-state index contributed by atoms with van der Waals surface area (Å²) in [6, 6.07) is 12.9. The van der Waals surface area contributed by atoms with Crippen molar-refractivity contribution >= 4 is 27.8 Å². The van der Waals surface area contributed by atoms with Crippen molar-refractivity contribution in [3.8, 4) is 17.2 Å². The molecule has 130 valence electrons. The number of benzene rings is 2. The van der Waals surface area contributed by atoms with E-state index in [1.54, 1.807) is 24.3 Å². The lowest BCUT2D eigenvalue weighted by atomic mass is 10.1. The molecule has 2 aromatic rings. The summed E-state index contributed by atoms with van der Waals surface area (Å²) in [6.07, 6.45) is 5.37. The molecule has 0 unspecified atom stereocenters. The van der Waals surface area contributed by atoms with Gasteiger partial charge in [-0.3, -0.25) is 4.79 Å². The van der Waals surface area contributed by atoms with Crippen LogP contribution in [0.25, 0.3) is 6.08 Å². The number of carbonyl (C=O) groups is 1. The molecular weight excluding hydrogens is 384 g/mol. The zero-order chi connectivity index (χ0) is 17.5. The van der Waals surface area contributed by atoms with Crippen LogP contribution in [-0.4, -0.2) is 24.5 Å². The van der Waals surface area contributed by atoms with Gasteiger partial charge in [0.2, 0.25) is 6.79 Å². The number of hydrogen-bond donors (Lipinski definition) is 0. The van der Waals surface area contributed by atoms with Gasteiger partial charge in [0, 0.05) is 10.9 Å². The van der Waals surface area contributed by atoms with E-state index in [4.69, 9.17) is 14.2 Å². The molecule has 3 rings (SSSR count). The fourth-order valence-electron chi connectivity index (χ4n) is 2.41. The van der Waals surface area contributed by atoms with Gasteiger partial charge in [0.1, 0.15) is 5.75 Å². The van der Waals surface area contributed by atoms with Crippen LogP contribution >= 0.6 is 15.9 Å². The van der Waals surface area contributed by atoms with Crippen molar-refractivity contribution in [1.82, 2.24) is 0 Å². The molecule has 0 spiro atoms. The fourth-order valence-corrected chi connectivity index (χ4v) is 2.81. The van der Waals surface area contributed by atoms with Crippen molar-refractivity contribution in [1.29, 1.82) is 0 Å². The molecule has 0 amide bonds. The standard InChI is InChI=1S/C20H19BrO4/c21-10-1-2-11-23-17-5-3-4-16(13-17)18(22)8-6-15-7-9-19-20(12-15)25-14-24-19/h3-9,12-13H,1-2,10-11,14H2. The van der Waals surface area contributed by atoms with Gasteiger partial charge in [0.05, 0.1) is 6.61 Å². The van der Waals surface area contributed by atoms with Gasteiger partial charge >= 0.3 is 0 Å². The van der Waals surface area contributed by atoms with Crippen LogP contribution in [0.2, 0.25) is 0 Å². The minimum Gasteiger partial charge on any atom is -0.494 e. The lowest BCUT2D eigenvalue weighted by molar-refractivity contribution is 0.104. The third-order valence-corrected chi connectivity index (χ3v) is 4.30. The summed E-state index contributed by atoms with van der Waals surface area (Å²) in [5, 5.41) is 0.972. The van der Waals surface area contributed by atoms with Gasteiger partial charge in [0.15, 0.2) is 17.3 Å². The number of unbranched alkanes of at least 4 members (excludes halogenated alkanes) is 1. The first-order valence-corrected chi connectivity index (χ1v) is 9.29. The van der Waals surface area contributed by atoms with Gasteiger partial charge in [-0.15, -0.1) is 0 Å². The average Bonchev–Trinajstić information content (AvgIpc) is 3.11. The van der Waals surface area contributed by atoms with E-state index in [1.807, 2.05) is 30.3 Å². The molecule has 0 N–H and O–H groups in total. The Hall–Kier alpha value is -2.27. The molecule has 0 aromatic heterocycles. The molecule has 0 aliphatic carbocycles. The van der Waals surface area contributed by atoms with Crippen LogP contribution in [0.1, 0.15) is 28.8 Å². The highest BCUT2D eigenvalue weighted by atomic mass is 79.9. The van der Waals surface area contributed by atoms with Gasteiger partial charge in [-0.05, 0) is 48.7 Å². The fraction of sp³-hybridized carbons (Fsp3) is 0.250. The first kappa shape index (κ1) is 17.5. The highest BCUT2D eigenvalue weighted by Crippen LogP contribution is 2.32. The van der Waals surface area contributed by atoms with E-state index in [1.165, 1.54) is 0 Å². The van der Waals surface area contributed by atoms with Crippen LogP contribution in [0.5, 0.6) is 17.2 Å². The molecule has 0 saturated carbocycles. The zero-order valence-electron chi connectivity index (χ0n) is 13.7. The minimum absolute atomic E-state index is 0.0661. The third kappa shape index (κ3) is 4.86. The summed E-state index contributed by atoms with van der Waals surface area (Å²) in [6.45, 7) is 0.889. The molecular formula is C20H19BrO4. The van der Waals surface area contributed by atoms with Gasteiger partial charge < -0.3 is 14.2 Å². The second kappa shape index (κ2) is 8.72. The summed E-state index contributed by atoms with van der Waals surface area (Å²) >= 11 is 3.40. The number of carbonyl (C=O) groups excluding carboxylic acids is 1. The summed E-state index contributed by atoms with van der Waals surface area (Å²) in [5.41, 5.74) is 1.50. The van der Waals surface area contributed by atoms with E-state index in [0.29, 0.717) is 17.9 Å². The van der Waals surface area contributed by atoms with Crippen LogP contribution < -0.4 is 14.2 Å². The topological polar surface area (TPSA) is 44.8 Å². The molecule has 5 heteroatoms. The van der Waals surface area contributed by atoms with Crippen molar-refractivity contribution in [2.75, 3.05) is 18.7 Å². The quantitative estimate of drug-likeness (QED) is 0.273. The number of fused-ring (bicyclic) bond motifs is 1. The average molecular weight is 403 g/mol. The first-order chi connectivity index (χ1) is 12.3. The van der Waals surface area contributed by atoms with Gasteiger partial charge in [-0.2, -0.15) is 0 Å². The molecule has 0 radical (unpaired) electrons. The van der Waals surface area contributed by atoms with Crippen molar-refractivity contribution in [2.45, 2.75) is 12.8 Å². The molecule has 0 fully saturated rings. The molecule has 0 saturated heterocycles. The lowest BCUT2D eigenvalue weighted by Gasteiger charge is -2.06. The summed E-state index contributed by atoms with van der Waals surface area (Å²) in [5.74, 6) is 2.09. The van der Waals surface area contributed by atoms with Crippen molar-refractivity contribution in [3.63, 3.8) is 0 Å². The molecule has 1 aliphatic rings. The molecule has 0 atom stereocenters. The van der Waals surface area contributed by atoms with Crippen LogP contribution in [0, 0.1) is 0 Å². The van der Waals surface area contributed by atoms with Crippen molar-refractivity contribution < 1.29 is 19.0 Å². The maximum atomic E-state index is 12.4. The Bertz CT molecular complexity index is 770.